The maximum absolute atomic E-state index is 10.1. The van der Waals surface area contributed by atoms with Crippen LogP contribution in [0.3, 0.4) is 0 Å². The van der Waals surface area contributed by atoms with Gasteiger partial charge in [-0.1, -0.05) is 37.6 Å². The normalized spacial score (nSPS) is 30.4. The van der Waals surface area contributed by atoms with Gasteiger partial charge < -0.3 is 14.9 Å². The Balaban J connectivity index is 1.70. The van der Waals surface area contributed by atoms with E-state index in [9.17, 15) is 10.2 Å². The molecule has 1 aliphatic heterocycles. The molecule has 0 radical (unpaired) electrons. The van der Waals surface area contributed by atoms with Gasteiger partial charge in [0.2, 0.25) is 0 Å². The minimum Gasteiger partial charge on any atom is -0.394 e. The summed E-state index contributed by atoms with van der Waals surface area (Å²) >= 11 is 6.46. The molecule has 0 bridgehead atoms. The van der Waals surface area contributed by atoms with Crippen LogP contribution in [0, 0.1) is 11.3 Å². The lowest BCUT2D eigenvalue weighted by Crippen LogP contribution is -2.33. The smallest absolute Gasteiger partial charge is 0.0854 e. The zero-order chi connectivity index (χ0) is 18.0. The van der Waals surface area contributed by atoms with Crippen molar-refractivity contribution in [2.24, 2.45) is 11.3 Å². The molecule has 3 rings (SSSR count). The van der Waals surface area contributed by atoms with Crippen LogP contribution in [0.2, 0.25) is 5.02 Å². The van der Waals surface area contributed by atoms with Gasteiger partial charge in [-0.25, -0.2) is 0 Å². The third kappa shape index (κ3) is 4.97. The Labute approximate surface area is 156 Å². The van der Waals surface area contributed by atoms with E-state index in [1.807, 2.05) is 12.1 Å². The molecular formula is C21H31ClO3. The molecule has 2 aliphatic rings. The highest BCUT2D eigenvalue weighted by atomic mass is 35.5. The predicted octanol–water partition coefficient (Wildman–Crippen LogP) is 4.67. The van der Waals surface area contributed by atoms with E-state index in [4.69, 9.17) is 16.3 Å². The van der Waals surface area contributed by atoms with E-state index >= 15 is 0 Å². The Kier molecular flexibility index (Phi) is 6.10. The fourth-order valence-corrected chi connectivity index (χ4v) is 4.44. The zero-order valence-electron chi connectivity index (χ0n) is 15.4. The molecule has 0 spiro atoms. The first kappa shape index (κ1) is 19.2. The number of ether oxygens (including phenoxy) is 1. The Bertz CT molecular complexity index is 577. The van der Waals surface area contributed by atoms with Crippen LogP contribution in [0.25, 0.3) is 0 Å². The molecule has 25 heavy (non-hydrogen) atoms. The molecule has 3 atom stereocenters. The van der Waals surface area contributed by atoms with Crippen molar-refractivity contribution in [1.82, 2.24) is 0 Å². The van der Waals surface area contributed by atoms with E-state index in [0.717, 1.165) is 17.0 Å². The first-order valence-electron chi connectivity index (χ1n) is 9.59. The second-order valence-corrected chi connectivity index (χ2v) is 9.12. The van der Waals surface area contributed by atoms with Crippen molar-refractivity contribution >= 4 is 11.6 Å². The van der Waals surface area contributed by atoms with Crippen LogP contribution in [0.5, 0.6) is 0 Å². The van der Waals surface area contributed by atoms with Crippen molar-refractivity contribution in [1.29, 1.82) is 0 Å². The molecule has 0 amide bonds. The molecule has 1 saturated carbocycles. The fourth-order valence-electron chi connectivity index (χ4n) is 4.25. The van der Waals surface area contributed by atoms with Gasteiger partial charge in [0, 0.05) is 17.9 Å². The Morgan fingerprint density at radius 3 is 2.60 bits per heavy atom. The van der Waals surface area contributed by atoms with Gasteiger partial charge >= 0.3 is 0 Å². The summed E-state index contributed by atoms with van der Waals surface area (Å²) in [4.78, 5) is 0. The summed E-state index contributed by atoms with van der Waals surface area (Å²) in [7, 11) is 0. The summed E-state index contributed by atoms with van der Waals surface area (Å²) in [6.07, 6.45) is 6.32. The summed E-state index contributed by atoms with van der Waals surface area (Å²) in [5.74, 6) is 0.698. The molecule has 1 saturated heterocycles. The number of aliphatic hydroxyl groups excluding tert-OH is 2. The molecule has 4 heteroatoms. The lowest BCUT2D eigenvalue weighted by Gasteiger charge is -2.35. The third-order valence-corrected chi connectivity index (χ3v) is 6.36. The Morgan fingerprint density at radius 2 is 1.92 bits per heavy atom. The van der Waals surface area contributed by atoms with Gasteiger partial charge in [-0.3, -0.25) is 0 Å². The van der Waals surface area contributed by atoms with E-state index in [1.54, 1.807) is 0 Å². The highest BCUT2D eigenvalue weighted by Crippen LogP contribution is 2.40. The molecule has 1 aliphatic carbocycles. The number of rotatable bonds is 4. The number of hydrogen-bond acceptors (Lipinski definition) is 3. The number of halogens is 1. The van der Waals surface area contributed by atoms with Crippen LogP contribution in [0.4, 0.5) is 0 Å². The van der Waals surface area contributed by atoms with Crippen LogP contribution >= 0.6 is 11.6 Å². The first-order valence-corrected chi connectivity index (χ1v) is 9.97. The third-order valence-electron chi connectivity index (χ3n) is 5.99. The number of aliphatic hydroxyl groups is 2. The highest BCUT2D eigenvalue weighted by Gasteiger charge is 2.30. The molecule has 1 aromatic carbocycles. The van der Waals surface area contributed by atoms with E-state index in [1.165, 1.54) is 31.2 Å². The average Bonchev–Trinajstić information content (AvgIpc) is 2.58. The number of benzene rings is 1. The van der Waals surface area contributed by atoms with Gasteiger partial charge in [-0.2, -0.15) is 0 Å². The van der Waals surface area contributed by atoms with Gasteiger partial charge in [0.25, 0.3) is 0 Å². The summed E-state index contributed by atoms with van der Waals surface area (Å²) in [6.45, 7) is 4.67. The summed E-state index contributed by atoms with van der Waals surface area (Å²) in [6, 6.07) is 6.10. The Hall–Kier alpha value is -0.610. The van der Waals surface area contributed by atoms with Crippen molar-refractivity contribution < 1.29 is 14.9 Å². The van der Waals surface area contributed by atoms with Crippen LogP contribution in [0.1, 0.15) is 69.6 Å². The lowest BCUT2D eigenvalue weighted by molar-refractivity contribution is -0.113. The minimum absolute atomic E-state index is 0.0497. The van der Waals surface area contributed by atoms with Crippen LogP contribution in [-0.4, -0.2) is 29.0 Å². The maximum Gasteiger partial charge on any atom is 0.0854 e. The molecule has 140 valence electrons. The molecule has 2 N–H and O–H groups in total. The summed E-state index contributed by atoms with van der Waals surface area (Å²) < 4.78 is 5.95. The molecule has 3 unspecified atom stereocenters. The average molecular weight is 367 g/mol. The topological polar surface area (TPSA) is 49.7 Å². The molecule has 1 aromatic rings. The lowest BCUT2D eigenvalue weighted by atomic mass is 9.71. The zero-order valence-corrected chi connectivity index (χ0v) is 16.1. The fraction of sp³-hybridized carbons (Fsp3) is 0.714. The summed E-state index contributed by atoms with van der Waals surface area (Å²) in [5, 5.41) is 20.3. The quantitative estimate of drug-likeness (QED) is 0.813. The summed E-state index contributed by atoms with van der Waals surface area (Å²) in [5.41, 5.74) is 2.73. The highest BCUT2D eigenvalue weighted by molar-refractivity contribution is 6.31. The van der Waals surface area contributed by atoms with Crippen molar-refractivity contribution in [3.8, 4) is 0 Å². The van der Waals surface area contributed by atoms with Gasteiger partial charge in [0.15, 0.2) is 0 Å². The maximum atomic E-state index is 10.1. The first-order chi connectivity index (χ1) is 11.9. The van der Waals surface area contributed by atoms with Crippen molar-refractivity contribution in [3.63, 3.8) is 0 Å². The van der Waals surface area contributed by atoms with Gasteiger partial charge in [-0.15, -0.1) is 0 Å². The Morgan fingerprint density at radius 1 is 1.20 bits per heavy atom. The van der Waals surface area contributed by atoms with Crippen molar-refractivity contribution in [3.05, 3.63) is 34.3 Å². The number of hydrogen-bond donors (Lipinski definition) is 2. The van der Waals surface area contributed by atoms with E-state index in [0.29, 0.717) is 24.2 Å². The molecule has 3 nitrogen and oxygen atoms in total. The second-order valence-electron chi connectivity index (χ2n) is 8.72. The van der Waals surface area contributed by atoms with Crippen LogP contribution in [-0.2, 0) is 11.2 Å². The largest absolute Gasteiger partial charge is 0.394 e. The molecular weight excluding hydrogens is 336 g/mol. The molecule has 0 aromatic heterocycles. The van der Waals surface area contributed by atoms with E-state index in [2.05, 4.69) is 19.9 Å². The molecule has 2 fully saturated rings. The van der Waals surface area contributed by atoms with Crippen LogP contribution in [0.15, 0.2) is 18.2 Å². The van der Waals surface area contributed by atoms with E-state index in [-0.39, 0.29) is 18.8 Å². The van der Waals surface area contributed by atoms with Gasteiger partial charge in [0.05, 0.1) is 24.9 Å². The van der Waals surface area contributed by atoms with Crippen molar-refractivity contribution in [2.45, 2.75) is 77.1 Å². The second kappa shape index (κ2) is 7.96. The van der Waals surface area contributed by atoms with Gasteiger partial charge in [-0.05, 0) is 60.6 Å². The van der Waals surface area contributed by atoms with Crippen molar-refractivity contribution in [2.75, 3.05) is 6.61 Å². The van der Waals surface area contributed by atoms with Crippen LogP contribution < -0.4 is 0 Å². The van der Waals surface area contributed by atoms with Gasteiger partial charge in [0.1, 0.15) is 0 Å². The predicted molar refractivity (Wildman–Crippen MR) is 101 cm³/mol. The standard InChI is InChI=1S/C21H31ClO3/c1-21(2)7-5-14(6-8-21)9-16-10-15(3-4-19(16)22)20-12-17(24)11-18(13-23)25-20/h3-4,10,14,17-18,20,23-24H,5-9,11-13H2,1-2H3. The molecule has 1 heterocycles. The minimum atomic E-state index is -0.421. The monoisotopic (exact) mass is 366 g/mol. The SMILES string of the molecule is CC1(C)CCC(Cc2cc(C3CC(O)CC(CO)O3)ccc2Cl)CC1. The van der Waals surface area contributed by atoms with E-state index < -0.39 is 6.10 Å².